The zero-order valence-corrected chi connectivity index (χ0v) is 12.1. The summed E-state index contributed by atoms with van der Waals surface area (Å²) in [5.41, 5.74) is 1.02. The second-order valence-corrected chi connectivity index (χ2v) is 5.50. The van der Waals surface area contributed by atoms with Crippen LogP contribution in [0.25, 0.3) is 0 Å². The Hall–Kier alpha value is -1.39. The topological polar surface area (TPSA) is 52.9 Å². The van der Waals surface area contributed by atoms with Crippen LogP contribution >= 0.6 is 11.6 Å². The van der Waals surface area contributed by atoms with Gasteiger partial charge in [0.2, 0.25) is 0 Å². The van der Waals surface area contributed by atoms with Crippen LogP contribution in [0.3, 0.4) is 0 Å². The van der Waals surface area contributed by atoms with Gasteiger partial charge in [-0.2, -0.15) is 0 Å². The van der Waals surface area contributed by atoms with Gasteiger partial charge in [0.1, 0.15) is 0 Å². The third-order valence-corrected chi connectivity index (χ3v) is 3.76. The first-order valence-electron chi connectivity index (χ1n) is 6.86. The van der Waals surface area contributed by atoms with Gasteiger partial charge in [0.05, 0.1) is 12.5 Å². The van der Waals surface area contributed by atoms with E-state index in [4.69, 9.17) is 16.7 Å². The number of aliphatic imine (C=N–C) groups is 1. The van der Waals surface area contributed by atoms with E-state index >= 15 is 0 Å². The minimum atomic E-state index is -0.681. The number of hydrogen-bond donors (Lipinski definition) is 1. The summed E-state index contributed by atoms with van der Waals surface area (Å²) in [6, 6.07) is 7.52. The second-order valence-electron chi connectivity index (χ2n) is 5.06. The first-order chi connectivity index (χ1) is 9.65. The summed E-state index contributed by atoms with van der Waals surface area (Å²) in [6.45, 7) is 3.12. The number of halogens is 1. The molecular formula is C15H19ClN2O2. The Morgan fingerprint density at radius 2 is 2.20 bits per heavy atom. The van der Waals surface area contributed by atoms with Gasteiger partial charge in [-0.3, -0.25) is 9.79 Å². The number of hydrogen-bond acceptors (Lipinski definition) is 3. The molecule has 1 unspecified atom stereocenters. The standard InChI is InChI=1S/C15H19ClN2O2/c16-14-5-3-12(4-6-14)10-17-7-9-18-8-1-2-13(11-18)15(19)20/h3-6,10,13H,1-2,7-9,11H2,(H,19,20). The van der Waals surface area contributed by atoms with Crippen LogP contribution in [0.15, 0.2) is 29.3 Å². The molecule has 0 bridgehead atoms. The minimum Gasteiger partial charge on any atom is -0.481 e. The molecule has 1 atom stereocenters. The van der Waals surface area contributed by atoms with Crippen LogP contribution in [-0.2, 0) is 4.79 Å². The lowest BCUT2D eigenvalue weighted by atomic mass is 9.98. The average molecular weight is 295 g/mol. The van der Waals surface area contributed by atoms with Gasteiger partial charge in [-0.05, 0) is 37.1 Å². The highest BCUT2D eigenvalue weighted by Crippen LogP contribution is 2.16. The molecule has 0 saturated carbocycles. The number of aliphatic carboxylic acids is 1. The van der Waals surface area contributed by atoms with Crippen LogP contribution in [0.1, 0.15) is 18.4 Å². The number of carboxylic acid groups (broad SMARTS) is 1. The Morgan fingerprint density at radius 3 is 2.90 bits per heavy atom. The molecule has 1 heterocycles. The van der Waals surface area contributed by atoms with E-state index in [1.807, 2.05) is 30.5 Å². The van der Waals surface area contributed by atoms with Crippen LogP contribution in [0.2, 0.25) is 5.02 Å². The Bertz CT molecular complexity index is 473. The molecule has 1 aliphatic heterocycles. The number of nitrogens with zero attached hydrogens (tertiary/aromatic N) is 2. The zero-order valence-electron chi connectivity index (χ0n) is 11.3. The van der Waals surface area contributed by atoms with Crippen LogP contribution in [0.5, 0.6) is 0 Å². The van der Waals surface area contributed by atoms with Gasteiger partial charge < -0.3 is 10.0 Å². The Balaban J connectivity index is 1.75. The summed E-state index contributed by atoms with van der Waals surface area (Å²) in [5, 5.41) is 9.75. The van der Waals surface area contributed by atoms with E-state index in [0.29, 0.717) is 13.1 Å². The van der Waals surface area contributed by atoms with Crippen LogP contribution in [0, 0.1) is 5.92 Å². The van der Waals surface area contributed by atoms with Gasteiger partial charge >= 0.3 is 5.97 Å². The van der Waals surface area contributed by atoms with E-state index in [1.165, 1.54) is 0 Å². The second kappa shape index (κ2) is 7.41. The molecule has 0 amide bonds. The van der Waals surface area contributed by atoms with E-state index in [2.05, 4.69) is 9.89 Å². The van der Waals surface area contributed by atoms with Gasteiger partial charge in [0.25, 0.3) is 0 Å². The highest BCUT2D eigenvalue weighted by atomic mass is 35.5. The quantitative estimate of drug-likeness (QED) is 0.849. The maximum absolute atomic E-state index is 11.0. The highest BCUT2D eigenvalue weighted by molar-refractivity contribution is 6.30. The maximum Gasteiger partial charge on any atom is 0.307 e. The van der Waals surface area contributed by atoms with Crippen molar-refractivity contribution in [1.82, 2.24) is 4.90 Å². The summed E-state index contributed by atoms with van der Waals surface area (Å²) < 4.78 is 0. The fourth-order valence-corrected chi connectivity index (χ4v) is 2.50. The molecule has 5 heteroatoms. The predicted molar refractivity (Wildman–Crippen MR) is 80.7 cm³/mol. The number of benzene rings is 1. The van der Waals surface area contributed by atoms with Crippen molar-refractivity contribution >= 4 is 23.8 Å². The van der Waals surface area contributed by atoms with Gasteiger partial charge in [-0.1, -0.05) is 23.7 Å². The van der Waals surface area contributed by atoms with Crippen molar-refractivity contribution in [2.24, 2.45) is 10.9 Å². The number of rotatable bonds is 5. The average Bonchev–Trinajstić information content (AvgIpc) is 2.46. The minimum absolute atomic E-state index is 0.219. The molecular weight excluding hydrogens is 276 g/mol. The highest BCUT2D eigenvalue weighted by Gasteiger charge is 2.24. The van der Waals surface area contributed by atoms with Crippen LogP contribution < -0.4 is 0 Å². The molecule has 20 heavy (non-hydrogen) atoms. The summed E-state index contributed by atoms with van der Waals surface area (Å²) in [4.78, 5) is 17.5. The van der Waals surface area contributed by atoms with Crippen molar-refractivity contribution in [3.8, 4) is 0 Å². The summed E-state index contributed by atoms with van der Waals surface area (Å²) in [6.07, 6.45) is 3.58. The van der Waals surface area contributed by atoms with Crippen molar-refractivity contribution in [2.75, 3.05) is 26.2 Å². The lowest BCUT2D eigenvalue weighted by molar-refractivity contribution is -0.143. The Kier molecular flexibility index (Phi) is 5.56. The van der Waals surface area contributed by atoms with Crippen molar-refractivity contribution in [3.05, 3.63) is 34.9 Å². The first kappa shape index (κ1) is 15.0. The number of piperidine rings is 1. The summed E-state index contributed by atoms with van der Waals surface area (Å²) in [5.74, 6) is -0.900. The molecule has 1 aliphatic rings. The molecule has 1 aromatic carbocycles. The Morgan fingerprint density at radius 1 is 1.45 bits per heavy atom. The number of likely N-dealkylation sites (tertiary alicyclic amines) is 1. The number of carboxylic acids is 1. The molecule has 0 aromatic heterocycles. The molecule has 2 rings (SSSR count). The SMILES string of the molecule is O=C(O)C1CCCN(CCN=Cc2ccc(Cl)cc2)C1. The van der Waals surface area contributed by atoms with E-state index in [1.54, 1.807) is 0 Å². The molecule has 4 nitrogen and oxygen atoms in total. The van der Waals surface area contributed by atoms with Crippen LogP contribution in [-0.4, -0.2) is 48.4 Å². The van der Waals surface area contributed by atoms with Crippen LogP contribution in [0.4, 0.5) is 0 Å². The predicted octanol–water partition coefficient (Wildman–Crippen LogP) is 2.56. The van der Waals surface area contributed by atoms with E-state index in [0.717, 1.165) is 36.5 Å². The first-order valence-corrected chi connectivity index (χ1v) is 7.23. The van der Waals surface area contributed by atoms with Gasteiger partial charge in [-0.15, -0.1) is 0 Å². The lowest BCUT2D eigenvalue weighted by Gasteiger charge is -2.29. The third-order valence-electron chi connectivity index (χ3n) is 3.51. The maximum atomic E-state index is 11.0. The molecule has 1 N–H and O–H groups in total. The van der Waals surface area contributed by atoms with Crippen molar-refractivity contribution in [1.29, 1.82) is 0 Å². The van der Waals surface area contributed by atoms with E-state index < -0.39 is 5.97 Å². The molecule has 0 spiro atoms. The van der Waals surface area contributed by atoms with Gasteiger partial charge in [-0.25, -0.2) is 0 Å². The molecule has 1 aromatic rings. The van der Waals surface area contributed by atoms with Crippen molar-refractivity contribution in [3.63, 3.8) is 0 Å². The molecule has 0 radical (unpaired) electrons. The van der Waals surface area contributed by atoms with Gasteiger partial charge in [0.15, 0.2) is 0 Å². The summed E-state index contributed by atoms with van der Waals surface area (Å²) >= 11 is 5.81. The largest absolute Gasteiger partial charge is 0.481 e. The number of carbonyl (C=O) groups is 1. The molecule has 1 fully saturated rings. The lowest BCUT2D eigenvalue weighted by Crippen LogP contribution is -2.39. The van der Waals surface area contributed by atoms with Crippen molar-refractivity contribution < 1.29 is 9.90 Å². The monoisotopic (exact) mass is 294 g/mol. The fraction of sp³-hybridized carbons (Fsp3) is 0.467. The Labute approximate surface area is 124 Å². The normalized spacial score (nSPS) is 20.4. The fourth-order valence-electron chi connectivity index (χ4n) is 2.38. The molecule has 108 valence electrons. The van der Waals surface area contributed by atoms with E-state index in [9.17, 15) is 4.79 Å². The third kappa shape index (κ3) is 4.62. The van der Waals surface area contributed by atoms with Gasteiger partial charge in [0, 0.05) is 24.3 Å². The smallest absolute Gasteiger partial charge is 0.307 e. The van der Waals surface area contributed by atoms with Crippen molar-refractivity contribution in [2.45, 2.75) is 12.8 Å². The molecule has 1 saturated heterocycles. The molecule has 0 aliphatic carbocycles. The zero-order chi connectivity index (χ0) is 14.4. The van der Waals surface area contributed by atoms with E-state index in [-0.39, 0.29) is 5.92 Å². The summed E-state index contributed by atoms with van der Waals surface area (Å²) in [7, 11) is 0.